The van der Waals surface area contributed by atoms with E-state index in [1.165, 1.54) is 14.2 Å². The van der Waals surface area contributed by atoms with Crippen LogP contribution in [0.4, 0.5) is 4.79 Å². The van der Waals surface area contributed by atoms with Crippen molar-refractivity contribution < 1.29 is 28.6 Å². The highest BCUT2D eigenvalue weighted by molar-refractivity contribution is 8.18. The Morgan fingerprint density at radius 3 is 2.53 bits per heavy atom. The van der Waals surface area contributed by atoms with E-state index in [4.69, 9.17) is 21.1 Å². The first-order valence-corrected chi connectivity index (χ1v) is 9.98. The fourth-order valence-electron chi connectivity index (χ4n) is 2.70. The highest BCUT2D eigenvalue weighted by atomic mass is 35.5. The van der Waals surface area contributed by atoms with Crippen molar-refractivity contribution in [3.05, 3.63) is 63.5 Å². The van der Waals surface area contributed by atoms with Gasteiger partial charge < -0.3 is 14.2 Å². The molecule has 0 bridgehead atoms. The van der Waals surface area contributed by atoms with Gasteiger partial charge in [-0.15, -0.1) is 0 Å². The van der Waals surface area contributed by atoms with Crippen LogP contribution in [0.2, 0.25) is 5.02 Å². The van der Waals surface area contributed by atoms with Gasteiger partial charge in [-0.2, -0.15) is 0 Å². The Labute approximate surface area is 182 Å². The molecule has 30 heavy (non-hydrogen) atoms. The lowest BCUT2D eigenvalue weighted by molar-refractivity contribution is -0.143. The molecule has 1 saturated heterocycles. The zero-order valence-corrected chi connectivity index (χ0v) is 17.8. The van der Waals surface area contributed by atoms with Gasteiger partial charge in [0.2, 0.25) is 0 Å². The molecule has 3 rings (SSSR count). The van der Waals surface area contributed by atoms with Crippen LogP contribution in [-0.2, 0) is 20.9 Å². The van der Waals surface area contributed by atoms with E-state index < -0.39 is 11.9 Å². The van der Waals surface area contributed by atoms with Crippen molar-refractivity contribution in [3.8, 4) is 11.5 Å². The van der Waals surface area contributed by atoms with E-state index in [1.54, 1.807) is 48.5 Å². The Morgan fingerprint density at radius 1 is 1.13 bits per heavy atom. The third-order valence-electron chi connectivity index (χ3n) is 4.21. The number of nitrogens with zero attached hydrogens (tertiary/aromatic N) is 1. The van der Waals surface area contributed by atoms with Gasteiger partial charge in [0.25, 0.3) is 11.1 Å². The third-order valence-corrected chi connectivity index (χ3v) is 5.36. The van der Waals surface area contributed by atoms with Crippen LogP contribution in [-0.4, -0.2) is 42.8 Å². The van der Waals surface area contributed by atoms with Crippen LogP contribution in [0.5, 0.6) is 11.5 Å². The van der Waals surface area contributed by atoms with Gasteiger partial charge in [0, 0.05) is 10.6 Å². The second kappa shape index (κ2) is 9.69. The van der Waals surface area contributed by atoms with Crippen molar-refractivity contribution in [3.63, 3.8) is 0 Å². The van der Waals surface area contributed by atoms with Crippen LogP contribution >= 0.6 is 23.4 Å². The van der Waals surface area contributed by atoms with Gasteiger partial charge in [0.1, 0.15) is 0 Å². The fraction of sp³-hybridized carbons (Fsp3) is 0.190. The molecule has 1 aliphatic heterocycles. The molecule has 0 saturated carbocycles. The molecule has 0 atom stereocenters. The number of rotatable bonds is 7. The number of benzene rings is 2. The zero-order valence-electron chi connectivity index (χ0n) is 16.2. The maximum atomic E-state index is 12.8. The number of amides is 2. The summed E-state index contributed by atoms with van der Waals surface area (Å²) in [5, 5.41) is 0.200. The standard InChI is InChI=1S/C21H18ClNO6S/c1-27-16-5-3-4-14(19(16)29-12-18(24)28-2)10-17-20(25)23(21(26)30-17)11-13-6-8-15(22)9-7-13/h3-10H,11-12H2,1-2H3/b17-10+. The smallest absolute Gasteiger partial charge is 0.343 e. The van der Waals surface area contributed by atoms with Crippen molar-refractivity contribution in [1.82, 2.24) is 4.90 Å². The number of para-hydroxylation sites is 1. The number of imide groups is 1. The number of methoxy groups -OCH3 is 2. The van der Waals surface area contributed by atoms with E-state index in [0.717, 1.165) is 22.2 Å². The Kier molecular flexibility index (Phi) is 7.02. The molecule has 0 unspecified atom stereocenters. The van der Waals surface area contributed by atoms with Crippen molar-refractivity contribution in [2.45, 2.75) is 6.54 Å². The van der Waals surface area contributed by atoms with Crippen LogP contribution in [0.3, 0.4) is 0 Å². The van der Waals surface area contributed by atoms with Gasteiger partial charge >= 0.3 is 5.97 Å². The summed E-state index contributed by atoms with van der Waals surface area (Å²) < 4.78 is 15.4. The molecule has 7 nitrogen and oxygen atoms in total. The average Bonchev–Trinajstić information content (AvgIpc) is 3.01. The minimum atomic E-state index is -0.560. The molecule has 9 heteroatoms. The number of thioether (sulfide) groups is 1. The van der Waals surface area contributed by atoms with E-state index in [9.17, 15) is 14.4 Å². The summed E-state index contributed by atoms with van der Waals surface area (Å²) in [5.74, 6) is -0.320. The summed E-state index contributed by atoms with van der Waals surface area (Å²) in [5.41, 5.74) is 1.28. The lowest BCUT2D eigenvalue weighted by Gasteiger charge is -2.13. The summed E-state index contributed by atoms with van der Waals surface area (Å²) >= 11 is 6.72. The molecule has 2 aromatic rings. The summed E-state index contributed by atoms with van der Waals surface area (Å²) in [7, 11) is 2.72. The monoisotopic (exact) mass is 447 g/mol. The maximum absolute atomic E-state index is 12.8. The normalized spacial score (nSPS) is 14.9. The van der Waals surface area contributed by atoms with E-state index in [-0.39, 0.29) is 29.0 Å². The van der Waals surface area contributed by atoms with Gasteiger partial charge in [0.05, 0.1) is 25.7 Å². The Balaban J connectivity index is 1.86. The first-order valence-electron chi connectivity index (χ1n) is 8.79. The van der Waals surface area contributed by atoms with E-state index in [0.29, 0.717) is 16.3 Å². The second-order valence-corrected chi connectivity index (χ2v) is 7.57. The fourth-order valence-corrected chi connectivity index (χ4v) is 3.66. The summed E-state index contributed by atoms with van der Waals surface area (Å²) in [4.78, 5) is 38.1. The van der Waals surface area contributed by atoms with Gasteiger partial charge in [0.15, 0.2) is 18.1 Å². The van der Waals surface area contributed by atoms with E-state index in [2.05, 4.69) is 4.74 Å². The number of hydrogen-bond acceptors (Lipinski definition) is 7. The van der Waals surface area contributed by atoms with Crippen molar-refractivity contribution in [1.29, 1.82) is 0 Å². The van der Waals surface area contributed by atoms with Crippen molar-refractivity contribution >= 4 is 46.6 Å². The second-order valence-electron chi connectivity index (χ2n) is 6.14. The van der Waals surface area contributed by atoms with Crippen molar-refractivity contribution in [2.24, 2.45) is 0 Å². The lowest BCUT2D eigenvalue weighted by atomic mass is 10.1. The van der Waals surface area contributed by atoms with E-state index in [1.807, 2.05) is 0 Å². The number of carbonyl (C=O) groups excluding carboxylic acids is 3. The third kappa shape index (κ3) is 4.95. The van der Waals surface area contributed by atoms with Crippen LogP contribution < -0.4 is 9.47 Å². The van der Waals surface area contributed by atoms with Gasteiger partial charge in [-0.1, -0.05) is 35.9 Å². The van der Waals surface area contributed by atoms with E-state index >= 15 is 0 Å². The summed E-state index contributed by atoms with van der Waals surface area (Å²) in [6, 6.07) is 12.0. The summed E-state index contributed by atoms with van der Waals surface area (Å²) in [6.07, 6.45) is 1.54. The number of halogens is 1. The Hall–Kier alpha value is -2.97. The molecular formula is C21H18ClNO6S. The summed E-state index contributed by atoms with van der Waals surface area (Å²) in [6.45, 7) is -0.182. The molecule has 1 heterocycles. The first-order chi connectivity index (χ1) is 14.4. The molecule has 2 aromatic carbocycles. The Morgan fingerprint density at radius 2 is 1.87 bits per heavy atom. The number of hydrogen-bond donors (Lipinski definition) is 0. The zero-order chi connectivity index (χ0) is 21.7. The molecule has 0 aliphatic carbocycles. The highest BCUT2D eigenvalue weighted by Crippen LogP contribution is 2.38. The molecule has 156 valence electrons. The number of carbonyl (C=O) groups is 3. The predicted molar refractivity (Wildman–Crippen MR) is 113 cm³/mol. The van der Waals surface area contributed by atoms with Gasteiger partial charge in [-0.3, -0.25) is 14.5 Å². The topological polar surface area (TPSA) is 82.1 Å². The molecule has 1 fully saturated rings. The predicted octanol–water partition coefficient (Wildman–Crippen LogP) is 4.14. The Bertz CT molecular complexity index is 1010. The molecule has 2 amide bonds. The molecule has 0 N–H and O–H groups in total. The average molecular weight is 448 g/mol. The molecule has 1 aliphatic rings. The minimum Gasteiger partial charge on any atom is -0.493 e. The van der Waals surface area contributed by atoms with Crippen LogP contribution in [0.1, 0.15) is 11.1 Å². The lowest BCUT2D eigenvalue weighted by Crippen LogP contribution is -2.27. The van der Waals surface area contributed by atoms with Gasteiger partial charge in [-0.05, 0) is 41.6 Å². The SMILES string of the molecule is COC(=O)COc1c(/C=C2/SC(=O)N(Cc3ccc(Cl)cc3)C2=O)cccc1OC. The maximum Gasteiger partial charge on any atom is 0.343 e. The quantitative estimate of drug-likeness (QED) is 0.466. The molecular weight excluding hydrogens is 430 g/mol. The van der Waals surface area contributed by atoms with Crippen LogP contribution in [0.15, 0.2) is 47.4 Å². The number of esters is 1. The van der Waals surface area contributed by atoms with Gasteiger partial charge in [-0.25, -0.2) is 4.79 Å². The largest absolute Gasteiger partial charge is 0.493 e. The molecule has 0 aromatic heterocycles. The van der Waals surface area contributed by atoms with Crippen LogP contribution in [0, 0.1) is 0 Å². The minimum absolute atomic E-state index is 0.142. The first kappa shape index (κ1) is 21.7. The highest BCUT2D eigenvalue weighted by Gasteiger charge is 2.35. The molecule has 0 radical (unpaired) electrons. The molecule has 0 spiro atoms. The van der Waals surface area contributed by atoms with Crippen molar-refractivity contribution in [2.75, 3.05) is 20.8 Å². The number of ether oxygens (including phenoxy) is 3. The van der Waals surface area contributed by atoms with Crippen LogP contribution in [0.25, 0.3) is 6.08 Å².